The predicted molar refractivity (Wildman–Crippen MR) is 149 cm³/mol. The largest absolute Gasteiger partial charge is 4.00 e. The van der Waals surface area contributed by atoms with Crippen LogP contribution in [-0.2, 0) is 25.8 Å². The van der Waals surface area contributed by atoms with Gasteiger partial charge in [0.15, 0.2) is 0 Å². The molecule has 35 heavy (non-hydrogen) atoms. The van der Waals surface area contributed by atoms with E-state index in [0.717, 1.165) is 11.4 Å². The molecule has 2 nitrogen and oxygen atoms in total. The summed E-state index contributed by atoms with van der Waals surface area (Å²) in [6.07, 6.45) is 6.09. The van der Waals surface area contributed by atoms with Gasteiger partial charge < -0.3 is 26.6 Å². The van der Waals surface area contributed by atoms with E-state index in [-0.39, 0.29) is 46.7 Å². The van der Waals surface area contributed by atoms with Gasteiger partial charge in [-0.05, 0) is 42.5 Å². The molecule has 0 saturated heterocycles. The van der Waals surface area contributed by atoms with Crippen LogP contribution in [-0.4, -0.2) is 4.98 Å². The third-order valence-corrected chi connectivity index (χ3v) is 6.71. The molecule has 3 aromatic rings. The molecule has 0 N–H and O–H groups in total. The molecule has 0 bridgehead atoms. The van der Waals surface area contributed by atoms with Gasteiger partial charge in [-0.1, -0.05) is 106 Å². The first-order valence-corrected chi connectivity index (χ1v) is 12.1. The van der Waals surface area contributed by atoms with E-state index in [1.807, 2.05) is 0 Å². The SMILES string of the molecule is Cc1ccccc1C([N-]c1c(C(C)C)cccc1C(C)C)c1cccc(C2[CH-]CCC2)n1.[CH3-].[CH3-].[Hf+4]. The average molecular weight is 633 g/mol. The first-order chi connectivity index (χ1) is 15.5. The molecular weight excluding hydrogens is 591 g/mol. The number of nitrogens with zero attached hydrogens (tertiary/aromatic N) is 2. The molecule has 4 rings (SSSR count). The van der Waals surface area contributed by atoms with Crippen LogP contribution in [0.1, 0.15) is 104 Å². The summed E-state index contributed by atoms with van der Waals surface area (Å²) >= 11 is 0. The quantitative estimate of drug-likeness (QED) is 0.188. The summed E-state index contributed by atoms with van der Waals surface area (Å²) in [6, 6.07) is 21.7. The van der Waals surface area contributed by atoms with Crippen molar-refractivity contribution in [2.45, 2.75) is 77.7 Å². The van der Waals surface area contributed by atoms with Gasteiger partial charge in [0.2, 0.25) is 0 Å². The van der Waals surface area contributed by atoms with E-state index < -0.39 is 0 Å². The fraction of sp³-hybridized carbons (Fsp3) is 0.375. The standard InChI is InChI=1S/C30H36N2.2CH3.Hf/c1-20(2)24-16-10-17-25(21(3)4)29(24)32-30(26-15-9-6-12-22(26)5)28-19-11-18-27(31-28)23-13-7-8-14-23;;;/h6,9-13,15-21,23,30H,7-8,14H2,1-5H3;2*1H3;/q-2;2*-1;+4. The number of hydrogen-bond acceptors (Lipinski definition) is 1. The van der Waals surface area contributed by atoms with Crippen molar-refractivity contribution in [3.63, 3.8) is 0 Å². The second-order valence-electron chi connectivity index (χ2n) is 9.74. The molecule has 1 heterocycles. The molecule has 2 atom stereocenters. The third-order valence-electron chi connectivity index (χ3n) is 6.71. The molecule has 2 unspecified atom stereocenters. The molecule has 1 aromatic heterocycles. The number of rotatable bonds is 7. The molecule has 3 heteroatoms. The van der Waals surface area contributed by atoms with E-state index in [0.29, 0.717) is 17.8 Å². The van der Waals surface area contributed by atoms with Crippen LogP contribution in [0.25, 0.3) is 5.32 Å². The van der Waals surface area contributed by atoms with E-state index in [9.17, 15) is 0 Å². The van der Waals surface area contributed by atoms with Crippen LogP contribution in [0, 0.1) is 28.2 Å². The maximum atomic E-state index is 5.50. The summed E-state index contributed by atoms with van der Waals surface area (Å²) in [7, 11) is 0. The van der Waals surface area contributed by atoms with Crippen LogP contribution in [0.5, 0.6) is 0 Å². The van der Waals surface area contributed by atoms with Crippen molar-refractivity contribution in [1.29, 1.82) is 0 Å². The fourth-order valence-corrected chi connectivity index (χ4v) is 4.85. The number of para-hydroxylation sites is 1. The van der Waals surface area contributed by atoms with Gasteiger partial charge in [-0.3, -0.25) is 4.98 Å². The molecule has 184 valence electrons. The van der Waals surface area contributed by atoms with Crippen LogP contribution in [0.2, 0.25) is 0 Å². The normalized spacial score (nSPS) is 15.7. The molecule has 0 amide bonds. The molecule has 1 aliphatic carbocycles. The third kappa shape index (κ3) is 7.15. The van der Waals surface area contributed by atoms with Gasteiger partial charge in [0.1, 0.15) is 0 Å². The summed E-state index contributed by atoms with van der Waals surface area (Å²) in [6.45, 7) is 11.2. The number of benzene rings is 2. The van der Waals surface area contributed by atoms with Gasteiger partial charge in [-0.2, -0.15) is 6.42 Å². The van der Waals surface area contributed by atoms with Crippen LogP contribution in [0.4, 0.5) is 5.69 Å². The summed E-state index contributed by atoms with van der Waals surface area (Å²) in [5.41, 5.74) is 8.51. The van der Waals surface area contributed by atoms with Crippen molar-refractivity contribution in [2.24, 2.45) is 0 Å². The zero-order chi connectivity index (χ0) is 22.7. The fourth-order valence-electron chi connectivity index (χ4n) is 4.85. The van der Waals surface area contributed by atoms with E-state index in [4.69, 9.17) is 10.3 Å². The van der Waals surface area contributed by atoms with Crippen molar-refractivity contribution in [3.05, 3.63) is 121 Å². The van der Waals surface area contributed by atoms with Gasteiger partial charge in [0, 0.05) is 11.4 Å². The Kier molecular flexibility index (Phi) is 12.6. The minimum Gasteiger partial charge on any atom is -0.673 e. The molecule has 1 aliphatic rings. The van der Waals surface area contributed by atoms with Gasteiger partial charge >= 0.3 is 25.8 Å². The first-order valence-electron chi connectivity index (χ1n) is 12.1. The zero-order valence-electron chi connectivity index (χ0n) is 22.7. The summed E-state index contributed by atoms with van der Waals surface area (Å²) in [5.74, 6) is 1.30. The summed E-state index contributed by atoms with van der Waals surface area (Å²) < 4.78 is 0. The Morgan fingerprint density at radius 2 is 1.43 bits per heavy atom. The van der Waals surface area contributed by atoms with Crippen molar-refractivity contribution in [3.8, 4) is 0 Å². The second kappa shape index (κ2) is 14.1. The van der Waals surface area contributed by atoms with Gasteiger partial charge in [-0.15, -0.1) is 11.6 Å². The van der Waals surface area contributed by atoms with E-state index in [2.05, 4.69) is 102 Å². The molecule has 0 radical (unpaired) electrons. The monoisotopic (exact) mass is 634 g/mol. The van der Waals surface area contributed by atoms with Crippen molar-refractivity contribution < 1.29 is 25.8 Å². The van der Waals surface area contributed by atoms with Crippen molar-refractivity contribution in [2.75, 3.05) is 0 Å². The van der Waals surface area contributed by atoms with Crippen LogP contribution in [0.3, 0.4) is 0 Å². The van der Waals surface area contributed by atoms with Gasteiger partial charge in [0.25, 0.3) is 0 Å². The van der Waals surface area contributed by atoms with Gasteiger partial charge in [0.05, 0.1) is 0 Å². The van der Waals surface area contributed by atoms with E-state index in [1.54, 1.807) is 0 Å². The average Bonchev–Trinajstić information content (AvgIpc) is 3.33. The smallest absolute Gasteiger partial charge is 0.673 e. The van der Waals surface area contributed by atoms with Gasteiger partial charge in [-0.25, -0.2) is 0 Å². The Hall–Kier alpha value is -1.74. The Morgan fingerprint density at radius 3 is 2.00 bits per heavy atom. The molecule has 1 fully saturated rings. The second-order valence-corrected chi connectivity index (χ2v) is 9.74. The van der Waals surface area contributed by atoms with Crippen LogP contribution in [0.15, 0.2) is 60.7 Å². The Balaban J connectivity index is 0.00000204. The number of aryl methyl sites for hydroxylation is 1. The Labute approximate surface area is 234 Å². The molecule has 1 saturated carbocycles. The zero-order valence-corrected chi connectivity index (χ0v) is 26.3. The van der Waals surface area contributed by atoms with Crippen molar-refractivity contribution in [1.82, 2.24) is 4.98 Å². The Morgan fingerprint density at radius 1 is 0.829 bits per heavy atom. The maximum absolute atomic E-state index is 5.50. The van der Waals surface area contributed by atoms with E-state index in [1.165, 1.54) is 47.2 Å². The summed E-state index contributed by atoms with van der Waals surface area (Å²) in [5, 5.41) is 5.50. The molecule has 0 aliphatic heterocycles. The Bertz CT molecular complexity index is 1020. The minimum absolute atomic E-state index is 0. The van der Waals surface area contributed by atoms with Crippen LogP contribution < -0.4 is 0 Å². The van der Waals surface area contributed by atoms with Crippen molar-refractivity contribution >= 4 is 5.69 Å². The maximum Gasteiger partial charge on any atom is 4.00 e. The minimum atomic E-state index is -0.116. The first kappa shape index (κ1) is 31.3. The number of pyridine rings is 1. The summed E-state index contributed by atoms with van der Waals surface area (Å²) in [4.78, 5) is 5.19. The van der Waals surface area contributed by atoms with Crippen LogP contribution >= 0.6 is 0 Å². The number of aromatic nitrogens is 1. The molecule has 0 spiro atoms. The molecular formula is C32H42HfN2. The number of hydrogen-bond donors (Lipinski definition) is 0. The predicted octanol–water partition coefficient (Wildman–Crippen LogP) is 9.80. The van der Waals surface area contributed by atoms with E-state index >= 15 is 0 Å². The topological polar surface area (TPSA) is 27.0 Å². The molecule has 2 aromatic carbocycles.